The number of carbonyl (C=O) groups excluding carboxylic acids is 1. The summed E-state index contributed by atoms with van der Waals surface area (Å²) in [5.41, 5.74) is -0.0443. The number of nitrogens with zero attached hydrogens (tertiary/aromatic N) is 3. The zero-order chi connectivity index (χ0) is 11.2. The van der Waals surface area contributed by atoms with Crippen LogP contribution in [0.15, 0.2) is 17.4 Å². The Bertz CT molecular complexity index is 353. The van der Waals surface area contributed by atoms with Crippen LogP contribution in [0.25, 0.3) is 0 Å². The first kappa shape index (κ1) is 10.0. The fourth-order valence-electron chi connectivity index (χ4n) is 1.72. The summed E-state index contributed by atoms with van der Waals surface area (Å²) in [7, 11) is 0. The van der Waals surface area contributed by atoms with Gasteiger partial charge in [0.05, 0.1) is 0 Å². The highest BCUT2D eigenvalue weighted by atomic mass is 16.2. The number of hydrogen-bond donors (Lipinski definition) is 1. The molecule has 0 aromatic heterocycles. The molecule has 1 unspecified atom stereocenters. The van der Waals surface area contributed by atoms with Crippen molar-refractivity contribution >= 4 is 11.9 Å². The largest absolute Gasteiger partial charge is 0.333 e. The molecule has 0 aromatic carbocycles. The Balaban J connectivity index is 2.32. The normalized spacial score (nSPS) is 25.2. The third kappa shape index (κ3) is 1.58. The van der Waals surface area contributed by atoms with E-state index in [1.165, 1.54) is 0 Å². The molecule has 0 spiro atoms. The van der Waals surface area contributed by atoms with E-state index < -0.39 is 0 Å². The van der Waals surface area contributed by atoms with Crippen molar-refractivity contribution in [2.45, 2.75) is 39.5 Å². The predicted molar refractivity (Wildman–Crippen MR) is 58.0 cm³/mol. The smallest absolute Gasteiger partial charge is 0.330 e. The van der Waals surface area contributed by atoms with Crippen LogP contribution in [0, 0.1) is 0 Å². The number of nitrogens with one attached hydrogen (secondary N) is 1. The molecule has 2 heterocycles. The lowest BCUT2D eigenvalue weighted by atomic mass is 10.1. The zero-order valence-corrected chi connectivity index (χ0v) is 9.48. The van der Waals surface area contributed by atoms with Gasteiger partial charge in [0.1, 0.15) is 5.84 Å². The van der Waals surface area contributed by atoms with E-state index in [1.54, 1.807) is 18.0 Å². The molecule has 1 N–H and O–H groups in total. The molecule has 0 bridgehead atoms. The molecule has 1 atom stereocenters. The van der Waals surface area contributed by atoms with Crippen LogP contribution < -0.4 is 5.32 Å². The molecule has 0 saturated heterocycles. The van der Waals surface area contributed by atoms with E-state index in [9.17, 15) is 4.79 Å². The summed E-state index contributed by atoms with van der Waals surface area (Å²) in [6, 6.07) is -0.115. The van der Waals surface area contributed by atoms with Crippen molar-refractivity contribution in [1.29, 1.82) is 0 Å². The van der Waals surface area contributed by atoms with Crippen LogP contribution >= 0.6 is 0 Å². The Kier molecular flexibility index (Phi) is 1.99. The molecule has 0 radical (unpaired) electrons. The molecule has 2 rings (SSSR count). The average Bonchev–Trinajstić information content (AvgIpc) is 2.45. The minimum atomic E-state index is -0.223. The highest BCUT2D eigenvalue weighted by Crippen LogP contribution is 2.27. The minimum Gasteiger partial charge on any atom is -0.333 e. The Labute approximate surface area is 89.4 Å². The Hall–Kier alpha value is -1.52. The second-order valence-corrected chi connectivity index (χ2v) is 4.77. The molecular weight excluding hydrogens is 192 g/mol. The Morgan fingerprint density at radius 3 is 2.67 bits per heavy atom. The molecule has 2 aliphatic heterocycles. The molecule has 0 aliphatic carbocycles. The lowest BCUT2D eigenvalue weighted by Gasteiger charge is -2.39. The molecule has 82 valence electrons. The summed E-state index contributed by atoms with van der Waals surface area (Å²) in [6.45, 7) is 8.09. The van der Waals surface area contributed by atoms with E-state index in [4.69, 9.17) is 0 Å². The van der Waals surface area contributed by atoms with Gasteiger partial charge in [0, 0.05) is 17.9 Å². The van der Waals surface area contributed by atoms with Crippen LogP contribution in [-0.4, -0.2) is 33.5 Å². The van der Waals surface area contributed by atoms with E-state index in [0.717, 1.165) is 0 Å². The lowest BCUT2D eigenvalue weighted by molar-refractivity contribution is 0.0935. The number of hydrogen-bond acceptors (Lipinski definition) is 3. The topological polar surface area (TPSA) is 47.9 Å². The van der Waals surface area contributed by atoms with Crippen molar-refractivity contribution < 1.29 is 4.79 Å². The number of rotatable bonds is 0. The van der Waals surface area contributed by atoms with Crippen LogP contribution in [0.1, 0.15) is 27.7 Å². The van der Waals surface area contributed by atoms with Crippen LogP contribution in [-0.2, 0) is 0 Å². The van der Waals surface area contributed by atoms with Crippen LogP contribution in [0.2, 0.25) is 0 Å². The van der Waals surface area contributed by atoms with E-state index in [0.29, 0.717) is 5.84 Å². The Morgan fingerprint density at radius 2 is 2.07 bits per heavy atom. The summed E-state index contributed by atoms with van der Waals surface area (Å²) >= 11 is 0. The molecular formula is C10H16N4O. The van der Waals surface area contributed by atoms with Gasteiger partial charge in [-0.15, -0.1) is 0 Å². The first-order valence-electron chi connectivity index (χ1n) is 5.00. The van der Waals surface area contributed by atoms with Gasteiger partial charge in [-0.25, -0.2) is 9.79 Å². The third-order valence-electron chi connectivity index (χ3n) is 2.49. The molecule has 0 aromatic rings. The molecule has 0 fully saturated rings. The van der Waals surface area contributed by atoms with E-state index in [1.807, 2.05) is 6.20 Å². The van der Waals surface area contributed by atoms with Crippen molar-refractivity contribution in [3.63, 3.8) is 0 Å². The zero-order valence-electron chi connectivity index (χ0n) is 9.48. The third-order valence-corrected chi connectivity index (χ3v) is 2.49. The van der Waals surface area contributed by atoms with Crippen molar-refractivity contribution in [3.05, 3.63) is 12.4 Å². The monoisotopic (exact) mass is 208 g/mol. The van der Waals surface area contributed by atoms with Crippen LogP contribution in [0.3, 0.4) is 0 Å². The molecule has 5 nitrogen and oxygen atoms in total. The fourth-order valence-corrected chi connectivity index (χ4v) is 1.72. The van der Waals surface area contributed by atoms with Gasteiger partial charge >= 0.3 is 6.03 Å². The van der Waals surface area contributed by atoms with Crippen molar-refractivity contribution in [3.8, 4) is 0 Å². The number of amides is 2. The number of aliphatic imine (C=N–C) groups is 1. The first-order valence-corrected chi connectivity index (χ1v) is 5.00. The maximum Gasteiger partial charge on any atom is 0.330 e. The van der Waals surface area contributed by atoms with Crippen molar-refractivity contribution in [1.82, 2.24) is 15.1 Å². The molecule has 0 saturated carbocycles. The van der Waals surface area contributed by atoms with E-state index in [2.05, 4.69) is 36.0 Å². The van der Waals surface area contributed by atoms with Gasteiger partial charge < -0.3 is 4.90 Å². The quantitative estimate of drug-likeness (QED) is 0.652. The van der Waals surface area contributed by atoms with Crippen molar-refractivity contribution in [2.75, 3.05) is 0 Å². The highest BCUT2D eigenvalue weighted by Gasteiger charge is 2.38. The number of amidine groups is 1. The summed E-state index contributed by atoms with van der Waals surface area (Å²) in [4.78, 5) is 19.7. The summed E-state index contributed by atoms with van der Waals surface area (Å²) < 4.78 is 0. The van der Waals surface area contributed by atoms with E-state index >= 15 is 0 Å². The minimum absolute atomic E-state index is 0.0443. The summed E-state index contributed by atoms with van der Waals surface area (Å²) in [5, 5.41) is 2.68. The number of fused-ring (bicyclic) bond motifs is 1. The van der Waals surface area contributed by atoms with Crippen LogP contribution in [0.4, 0.5) is 4.79 Å². The summed E-state index contributed by atoms with van der Waals surface area (Å²) in [6.07, 6.45) is 3.45. The van der Waals surface area contributed by atoms with E-state index in [-0.39, 0.29) is 17.9 Å². The highest BCUT2D eigenvalue weighted by molar-refractivity contribution is 5.98. The van der Waals surface area contributed by atoms with Gasteiger partial charge in [-0.2, -0.15) is 0 Å². The molecule has 2 aliphatic rings. The van der Waals surface area contributed by atoms with Gasteiger partial charge in [-0.1, -0.05) is 0 Å². The predicted octanol–water partition coefficient (Wildman–Crippen LogP) is 1.30. The molecule has 15 heavy (non-hydrogen) atoms. The number of urea groups is 1. The van der Waals surface area contributed by atoms with Crippen LogP contribution in [0.5, 0.6) is 0 Å². The second-order valence-electron chi connectivity index (χ2n) is 4.77. The van der Waals surface area contributed by atoms with Gasteiger partial charge in [-0.05, 0) is 27.7 Å². The average molecular weight is 208 g/mol. The van der Waals surface area contributed by atoms with Gasteiger partial charge in [0.2, 0.25) is 6.29 Å². The first-order chi connectivity index (χ1) is 6.89. The fraction of sp³-hybridized carbons (Fsp3) is 0.600. The van der Waals surface area contributed by atoms with Gasteiger partial charge in [-0.3, -0.25) is 10.2 Å². The maximum absolute atomic E-state index is 11.6. The maximum atomic E-state index is 11.6. The second kappa shape index (κ2) is 2.98. The number of carbonyl (C=O) groups is 1. The van der Waals surface area contributed by atoms with Gasteiger partial charge in [0.25, 0.3) is 0 Å². The van der Waals surface area contributed by atoms with Crippen molar-refractivity contribution in [2.24, 2.45) is 4.99 Å². The standard InChI is InChI=1S/C10H16N4O/c1-7-11-8-13(9(15)12-7)5-6-14(8)10(2,3)4/h5-6,8H,1-4H3,(H,11,12,15). The summed E-state index contributed by atoms with van der Waals surface area (Å²) in [5.74, 6) is 0.666. The Morgan fingerprint density at radius 1 is 1.40 bits per heavy atom. The lowest BCUT2D eigenvalue weighted by Crippen LogP contribution is -2.55. The van der Waals surface area contributed by atoms with Gasteiger partial charge in [0.15, 0.2) is 0 Å². The molecule has 5 heteroatoms. The molecule has 2 amide bonds. The SMILES string of the molecule is CC1=NC2N(C=CN2C(C)(C)C)C(=O)N1.